The largest absolute Gasteiger partial charge is 0.352 e. The summed E-state index contributed by atoms with van der Waals surface area (Å²) < 4.78 is 29.2. The van der Waals surface area contributed by atoms with Gasteiger partial charge in [-0.25, -0.2) is 8.42 Å². The minimum atomic E-state index is -4.16. The fourth-order valence-electron chi connectivity index (χ4n) is 5.78. The van der Waals surface area contributed by atoms with Crippen LogP contribution in [0, 0.1) is 6.92 Å². The lowest BCUT2D eigenvalue weighted by Gasteiger charge is -2.34. The maximum Gasteiger partial charge on any atom is 0.264 e. The van der Waals surface area contributed by atoms with Crippen molar-refractivity contribution in [1.29, 1.82) is 0 Å². The van der Waals surface area contributed by atoms with Gasteiger partial charge in [0.15, 0.2) is 0 Å². The molecule has 1 aliphatic rings. The first-order chi connectivity index (χ1) is 21.7. The van der Waals surface area contributed by atoms with Crippen molar-refractivity contribution in [1.82, 2.24) is 10.2 Å². The molecule has 1 atom stereocenters. The zero-order valence-corrected chi connectivity index (χ0v) is 26.9. The average Bonchev–Trinajstić information content (AvgIpc) is 3.56. The second-order valence-electron chi connectivity index (χ2n) is 11.5. The van der Waals surface area contributed by atoms with Crippen molar-refractivity contribution in [2.75, 3.05) is 10.8 Å². The molecule has 234 valence electrons. The summed E-state index contributed by atoms with van der Waals surface area (Å²) in [5, 5.41) is 3.64. The number of carbonyl (C=O) groups is 2. The van der Waals surface area contributed by atoms with E-state index in [-0.39, 0.29) is 29.8 Å². The number of hydrogen-bond acceptors (Lipinski definition) is 4. The molecule has 45 heavy (non-hydrogen) atoms. The molecular formula is C36H38ClN3O4S. The van der Waals surface area contributed by atoms with E-state index < -0.39 is 28.5 Å². The van der Waals surface area contributed by atoms with Crippen LogP contribution in [0.3, 0.4) is 0 Å². The predicted molar refractivity (Wildman–Crippen MR) is 178 cm³/mol. The van der Waals surface area contributed by atoms with E-state index in [9.17, 15) is 18.0 Å². The number of hydrogen-bond donors (Lipinski definition) is 1. The summed E-state index contributed by atoms with van der Waals surface area (Å²) in [5.74, 6) is -0.732. The third kappa shape index (κ3) is 8.32. The number of nitrogens with zero attached hydrogens (tertiary/aromatic N) is 2. The van der Waals surface area contributed by atoms with E-state index in [0.717, 1.165) is 46.7 Å². The molecule has 0 radical (unpaired) electrons. The molecule has 1 fully saturated rings. The Bertz CT molecular complexity index is 1690. The Morgan fingerprint density at radius 2 is 1.47 bits per heavy atom. The van der Waals surface area contributed by atoms with Crippen LogP contribution < -0.4 is 9.62 Å². The summed E-state index contributed by atoms with van der Waals surface area (Å²) in [6, 6.07) is 30.9. The van der Waals surface area contributed by atoms with Crippen LogP contribution in [0.1, 0.15) is 42.4 Å². The molecule has 0 aromatic heterocycles. The molecule has 5 rings (SSSR count). The molecule has 1 aliphatic carbocycles. The van der Waals surface area contributed by atoms with Crippen LogP contribution in [0.2, 0.25) is 5.02 Å². The number of rotatable bonds is 12. The van der Waals surface area contributed by atoms with Gasteiger partial charge in [-0.15, -0.1) is 0 Å². The molecule has 9 heteroatoms. The first kappa shape index (κ1) is 32.3. The number of carbonyl (C=O) groups excluding carboxylic acids is 2. The number of halogens is 1. The van der Waals surface area contributed by atoms with E-state index in [0.29, 0.717) is 10.7 Å². The molecule has 4 aromatic carbocycles. The second-order valence-corrected chi connectivity index (χ2v) is 13.8. The van der Waals surface area contributed by atoms with E-state index in [4.69, 9.17) is 11.6 Å². The van der Waals surface area contributed by atoms with Gasteiger partial charge in [-0.3, -0.25) is 13.9 Å². The molecular weight excluding hydrogens is 606 g/mol. The van der Waals surface area contributed by atoms with Gasteiger partial charge in [-0.1, -0.05) is 103 Å². The van der Waals surface area contributed by atoms with Crippen molar-refractivity contribution in [3.63, 3.8) is 0 Å². The van der Waals surface area contributed by atoms with Gasteiger partial charge < -0.3 is 10.2 Å². The molecule has 4 aromatic rings. The smallest absolute Gasteiger partial charge is 0.264 e. The summed E-state index contributed by atoms with van der Waals surface area (Å²) in [6.45, 7) is 1.60. The first-order valence-corrected chi connectivity index (χ1v) is 17.1. The highest BCUT2D eigenvalue weighted by atomic mass is 35.5. The molecule has 0 heterocycles. The number of amides is 2. The van der Waals surface area contributed by atoms with Crippen LogP contribution >= 0.6 is 11.6 Å². The minimum Gasteiger partial charge on any atom is -0.352 e. The van der Waals surface area contributed by atoms with Crippen LogP contribution in [0.15, 0.2) is 114 Å². The van der Waals surface area contributed by atoms with Crippen molar-refractivity contribution < 1.29 is 18.0 Å². The van der Waals surface area contributed by atoms with Gasteiger partial charge in [0.2, 0.25) is 11.8 Å². The monoisotopic (exact) mass is 643 g/mol. The van der Waals surface area contributed by atoms with Gasteiger partial charge in [0.1, 0.15) is 12.6 Å². The lowest BCUT2D eigenvalue weighted by Crippen LogP contribution is -2.54. The van der Waals surface area contributed by atoms with Crippen LogP contribution in [0.5, 0.6) is 0 Å². The van der Waals surface area contributed by atoms with Gasteiger partial charge in [-0.05, 0) is 67.3 Å². The second kappa shape index (κ2) is 14.8. The Hall–Kier alpha value is -4.14. The van der Waals surface area contributed by atoms with Gasteiger partial charge in [0.05, 0.1) is 10.6 Å². The Morgan fingerprint density at radius 1 is 0.844 bits per heavy atom. The Balaban J connectivity index is 1.56. The summed E-state index contributed by atoms with van der Waals surface area (Å²) in [5.41, 5.74) is 3.06. The van der Waals surface area contributed by atoms with Gasteiger partial charge in [0, 0.05) is 24.0 Å². The number of benzene rings is 4. The standard InChI is InChI=1S/C36H38ClN3O4S/c1-27-11-10-14-29(23-27)25-39(34(24-28-12-4-2-5-13-28)36(42)38-31-15-8-9-16-31)35(41)26-40(32-21-19-30(37)20-22-32)45(43,44)33-17-6-3-7-18-33/h2-7,10-14,17-23,31,34H,8-9,15-16,24-26H2,1H3,(H,38,42)/t34-/m0/s1. The van der Waals surface area contributed by atoms with E-state index >= 15 is 0 Å². The van der Waals surface area contributed by atoms with E-state index in [2.05, 4.69) is 5.32 Å². The zero-order valence-electron chi connectivity index (χ0n) is 25.3. The zero-order chi connectivity index (χ0) is 31.8. The molecule has 1 saturated carbocycles. The van der Waals surface area contributed by atoms with Crippen molar-refractivity contribution in [2.24, 2.45) is 0 Å². The molecule has 0 bridgehead atoms. The van der Waals surface area contributed by atoms with E-state index in [1.807, 2.05) is 61.5 Å². The third-order valence-corrected chi connectivity index (χ3v) is 10.2. The number of nitrogens with one attached hydrogen (secondary N) is 1. The van der Waals surface area contributed by atoms with Crippen molar-refractivity contribution in [3.8, 4) is 0 Å². The fraction of sp³-hybridized carbons (Fsp3) is 0.278. The van der Waals surface area contributed by atoms with E-state index in [1.54, 1.807) is 42.5 Å². The molecule has 2 amide bonds. The maximum absolute atomic E-state index is 14.5. The Morgan fingerprint density at radius 3 is 2.11 bits per heavy atom. The summed E-state index contributed by atoms with van der Waals surface area (Å²) in [4.78, 5) is 30.2. The minimum absolute atomic E-state index is 0.0516. The third-order valence-electron chi connectivity index (χ3n) is 8.13. The van der Waals surface area contributed by atoms with Gasteiger partial charge in [0.25, 0.3) is 10.0 Å². The predicted octanol–water partition coefficient (Wildman–Crippen LogP) is 6.54. The average molecular weight is 644 g/mol. The normalized spacial score (nSPS) is 14.1. The molecule has 0 spiro atoms. The highest BCUT2D eigenvalue weighted by Gasteiger charge is 2.35. The fourth-order valence-corrected chi connectivity index (χ4v) is 7.35. The SMILES string of the molecule is Cc1cccc(CN(C(=O)CN(c2ccc(Cl)cc2)S(=O)(=O)c2ccccc2)[C@@H](Cc2ccccc2)C(=O)NC2CCCC2)c1. The quantitative estimate of drug-likeness (QED) is 0.190. The number of anilines is 1. The Kier molecular flexibility index (Phi) is 10.6. The van der Waals surface area contributed by atoms with Crippen molar-refractivity contribution >= 4 is 39.1 Å². The molecule has 0 aliphatic heterocycles. The van der Waals surface area contributed by atoms with Crippen molar-refractivity contribution in [2.45, 2.75) is 62.6 Å². The van der Waals surface area contributed by atoms with Crippen molar-refractivity contribution in [3.05, 3.63) is 131 Å². The number of sulfonamides is 1. The van der Waals surface area contributed by atoms with Crippen LogP contribution in [-0.4, -0.2) is 43.8 Å². The lowest BCUT2D eigenvalue weighted by molar-refractivity contribution is -0.140. The first-order valence-electron chi connectivity index (χ1n) is 15.2. The molecule has 0 unspecified atom stereocenters. The van der Waals surface area contributed by atoms with Gasteiger partial charge >= 0.3 is 0 Å². The van der Waals surface area contributed by atoms with Crippen LogP contribution in [0.25, 0.3) is 0 Å². The Labute approximate surface area is 270 Å². The summed E-state index contributed by atoms with van der Waals surface area (Å²) in [7, 11) is -4.16. The maximum atomic E-state index is 14.5. The van der Waals surface area contributed by atoms with Crippen LogP contribution in [-0.2, 0) is 32.6 Å². The van der Waals surface area contributed by atoms with Crippen LogP contribution in [0.4, 0.5) is 5.69 Å². The molecule has 7 nitrogen and oxygen atoms in total. The highest BCUT2D eigenvalue weighted by molar-refractivity contribution is 7.92. The lowest BCUT2D eigenvalue weighted by atomic mass is 10.0. The highest BCUT2D eigenvalue weighted by Crippen LogP contribution is 2.27. The van der Waals surface area contributed by atoms with E-state index in [1.165, 1.54) is 17.0 Å². The molecule has 0 saturated heterocycles. The van der Waals surface area contributed by atoms with Gasteiger partial charge in [-0.2, -0.15) is 0 Å². The number of aryl methyl sites for hydroxylation is 1. The summed E-state index contributed by atoms with van der Waals surface area (Å²) >= 11 is 6.14. The molecule has 1 N–H and O–H groups in total. The summed E-state index contributed by atoms with van der Waals surface area (Å²) in [6.07, 6.45) is 4.18. The topological polar surface area (TPSA) is 86.8 Å².